The van der Waals surface area contributed by atoms with Crippen LogP contribution in [0.5, 0.6) is 5.75 Å². The highest BCUT2D eigenvalue weighted by molar-refractivity contribution is 6.30. The van der Waals surface area contributed by atoms with Crippen molar-refractivity contribution in [3.8, 4) is 5.75 Å². The first-order valence-electron chi connectivity index (χ1n) is 8.29. The standard InChI is InChI=1S/C21H16ClFN2O3/c1-28-19-5-3-2-4-18(19)25-20(26)13-6-9-15(10-7-13)24-21(27)16-11-8-14(22)12-17(16)23/h2-12H,1H3,(H,24,27)(H,25,26). The number of hydrogen-bond acceptors (Lipinski definition) is 3. The van der Waals surface area contributed by atoms with Gasteiger partial charge in [0.2, 0.25) is 0 Å². The van der Waals surface area contributed by atoms with E-state index in [0.29, 0.717) is 22.7 Å². The quantitative estimate of drug-likeness (QED) is 0.636. The van der Waals surface area contributed by atoms with E-state index in [4.69, 9.17) is 16.3 Å². The number of nitrogens with one attached hydrogen (secondary N) is 2. The molecule has 28 heavy (non-hydrogen) atoms. The molecule has 0 heterocycles. The first-order chi connectivity index (χ1) is 13.5. The summed E-state index contributed by atoms with van der Waals surface area (Å²) in [6.07, 6.45) is 0. The number of rotatable bonds is 5. The number of benzene rings is 3. The van der Waals surface area contributed by atoms with E-state index in [1.54, 1.807) is 48.5 Å². The van der Waals surface area contributed by atoms with Crippen LogP contribution in [0.3, 0.4) is 0 Å². The summed E-state index contributed by atoms with van der Waals surface area (Å²) in [5.74, 6) is -1.10. The van der Waals surface area contributed by atoms with Gasteiger partial charge in [-0.3, -0.25) is 9.59 Å². The van der Waals surface area contributed by atoms with Crippen molar-refractivity contribution in [1.82, 2.24) is 0 Å². The van der Waals surface area contributed by atoms with Crippen molar-refractivity contribution in [2.45, 2.75) is 0 Å². The van der Waals surface area contributed by atoms with Gasteiger partial charge in [0.05, 0.1) is 18.4 Å². The Bertz CT molecular complexity index is 1020. The summed E-state index contributed by atoms with van der Waals surface area (Å²) in [7, 11) is 1.52. The molecule has 0 aliphatic carbocycles. The summed E-state index contributed by atoms with van der Waals surface area (Å²) in [6.45, 7) is 0. The normalized spacial score (nSPS) is 10.2. The Balaban J connectivity index is 1.69. The summed E-state index contributed by atoms with van der Waals surface area (Å²) in [5, 5.41) is 5.55. The molecule has 0 bridgehead atoms. The van der Waals surface area contributed by atoms with Gasteiger partial charge < -0.3 is 15.4 Å². The fourth-order valence-corrected chi connectivity index (χ4v) is 2.68. The third-order valence-electron chi connectivity index (χ3n) is 3.94. The number of amides is 2. The Morgan fingerprint density at radius 3 is 2.32 bits per heavy atom. The molecular formula is C21H16ClFN2O3. The molecule has 7 heteroatoms. The van der Waals surface area contributed by atoms with E-state index in [-0.39, 0.29) is 16.5 Å². The monoisotopic (exact) mass is 398 g/mol. The summed E-state index contributed by atoms with van der Waals surface area (Å²) < 4.78 is 19.0. The predicted octanol–water partition coefficient (Wildman–Crippen LogP) is 4.99. The van der Waals surface area contributed by atoms with Crippen LogP contribution < -0.4 is 15.4 Å². The van der Waals surface area contributed by atoms with Crippen molar-refractivity contribution in [3.63, 3.8) is 0 Å². The Kier molecular flexibility index (Phi) is 5.91. The molecule has 0 radical (unpaired) electrons. The summed E-state index contributed by atoms with van der Waals surface area (Å²) in [6, 6.07) is 17.1. The fourth-order valence-electron chi connectivity index (χ4n) is 2.52. The van der Waals surface area contributed by atoms with Crippen molar-refractivity contribution in [3.05, 3.63) is 88.7 Å². The van der Waals surface area contributed by atoms with E-state index in [9.17, 15) is 14.0 Å². The van der Waals surface area contributed by atoms with Crippen LogP contribution in [0.25, 0.3) is 0 Å². The second-order valence-electron chi connectivity index (χ2n) is 5.81. The highest BCUT2D eigenvalue weighted by Crippen LogP contribution is 2.24. The van der Waals surface area contributed by atoms with Crippen molar-refractivity contribution >= 4 is 34.8 Å². The number of carbonyl (C=O) groups excluding carboxylic acids is 2. The van der Waals surface area contributed by atoms with Crippen LogP contribution >= 0.6 is 11.6 Å². The van der Waals surface area contributed by atoms with Gasteiger partial charge in [-0.25, -0.2) is 4.39 Å². The maximum Gasteiger partial charge on any atom is 0.258 e. The number of methoxy groups -OCH3 is 1. The molecule has 0 fully saturated rings. The van der Waals surface area contributed by atoms with Gasteiger partial charge >= 0.3 is 0 Å². The van der Waals surface area contributed by atoms with Crippen LogP contribution in [-0.4, -0.2) is 18.9 Å². The predicted molar refractivity (Wildman–Crippen MR) is 107 cm³/mol. The molecule has 0 saturated heterocycles. The van der Waals surface area contributed by atoms with Crippen LogP contribution in [-0.2, 0) is 0 Å². The number of para-hydroxylation sites is 2. The Morgan fingerprint density at radius 1 is 0.929 bits per heavy atom. The average Bonchev–Trinajstić information content (AvgIpc) is 2.68. The molecule has 5 nitrogen and oxygen atoms in total. The molecule has 3 aromatic rings. The molecule has 142 valence electrons. The number of halogens is 2. The van der Waals surface area contributed by atoms with Gasteiger partial charge in [-0.05, 0) is 54.6 Å². The topological polar surface area (TPSA) is 67.4 Å². The molecule has 2 N–H and O–H groups in total. The molecule has 3 aromatic carbocycles. The molecule has 0 aliphatic heterocycles. The lowest BCUT2D eigenvalue weighted by Gasteiger charge is -2.10. The number of ether oxygens (including phenoxy) is 1. The third-order valence-corrected chi connectivity index (χ3v) is 4.17. The van der Waals surface area contributed by atoms with E-state index >= 15 is 0 Å². The van der Waals surface area contributed by atoms with Gasteiger partial charge in [0.25, 0.3) is 11.8 Å². The van der Waals surface area contributed by atoms with Crippen molar-refractivity contribution < 1.29 is 18.7 Å². The van der Waals surface area contributed by atoms with Gasteiger partial charge in [-0.15, -0.1) is 0 Å². The molecule has 0 unspecified atom stereocenters. The maximum absolute atomic E-state index is 13.8. The minimum absolute atomic E-state index is 0.123. The van der Waals surface area contributed by atoms with Gasteiger partial charge in [-0.1, -0.05) is 23.7 Å². The molecule has 3 rings (SSSR count). The van der Waals surface area contributed by atoms with Gasteiger partial charge in [-0.2, -0.15) is 0 Å². The molecule has 2 amide bonds. The maximum atomic E-state index is 13.8. The summed E-state index contributed by atoms with van der Waals surface area (Å²) >= 11 is 5.69. The zero-order valence-corrected chi connectivity index (χ0v) is 15.6. The summed E-state index contributed by atoms with van der Waals surface area (Å²) in [4.78, 5) is 24.6. The third kappa shape index (κ3) is 4.47. The van der Waals surface area contributed by atoms with E-state index in [1.165, 1.54) is 19.2 Å². The second-order valence-corrected chi connectivity index (χ2v) is 6.25. The van der Waals surface area contributed by atoms with Gasteiger partial charge in [0.1, 0.15) is 11.6 Å². The number of carbonyl (C=O) groups is 2. The highest BCUT2D eigenvalue weighted by atomic mass is 35.5. The molecule has 0 spiro atoms. The minimum Gasteiger partial charge on any atom is -0.495 e. The average molecular weight is 399 g/mol. The fraction of sp³-hybridized carbons (Fsp3) is 0.0476. The number of hydrogen-bond donors (Lipinski definition) is 2. The Morgan fingerprint density at radius 2 is 1.64 bits per heavy atom. The van der Waals surface area contributed by atoms with E-state index in [2.05, 4.69) is 10.6 Å². The second kappa shape index (κ2) is 8.54. The van der Waals surface area contributed by atoms with Crippen LogP contribution in [0.1, 0.15) is 20.7 Å². The lowest BCUT2D eigenvalue weighted by Crippen LogP contribution is -2.15. The van der Waals surface area contributed by atoms with Crippen LogP contribution in [0, 0.1) is 5.82 Å². The first-order valence-corrected chi connectivity index (χ1v) is 8.66. The molecule has 0 aliphatic rings. The Labute approximate surface area is 166 Å². The molecule has 0 saturated carbocycles. The van der Waals surface area contributed by atoms with Crippen molar-refractivity contribution in [2.75, 3.05) is 17.7 Å². The largest absolute Gasteiger partial charge is 0.495 e. The van der Waals surface area contributed by atoms with E-state index < -0.39 is 11.7 Å². The lowest BCUT2D eigenvalue weighted by molar-refractivity contribution is 0.101. The lowest BCUT2D eigenvalue weighted by atomic mass is 10.1. The zero-order chi connectivity index (χ0) is 20.1. The summed E-state index contributed by atoms with van der Waals surface area (Å²) in [5.41, 5.74) is 1.24. The van der Waals surface area contributed by atoms with Crippen molar-refractivity contribution in [1.29, 1.82) is 0 Å². The first kappa shape index (κ1) is 19.4. The van der Waals surface area contributed by atoms with Crippen LogP contribution in [0.2, 0.25) is 5.02 Å². The molecule has 0 atom stereocenters. The smallest absolute Gasteiger partial charge is 0.258 e. The molecular weight excluding hydrogens is 383 g/mol. The molecule has 0 aromatic heterocycles. The minimum atomic E-state index is -0.710. The van der Waals surface area contributed by atoms with Crippen molar-refractivity contribution in [2.24, 2.45) is 0 Å². The Hall–Kier alpha value is -3.38. The zero-order valence-electron chi connectivity index (χ0n) is 14.8. The van der Waals surface area contributed by atoms with E-state index in [1.807, 2.05) is 0 Å². The SMILES string of the molecule is COc1ccccc1NC(=O)c1ccc(NC(=O)c2ccc(Cl)cc2F)cc1. The van der Waals surface area contributed by atoms with E-state index in [0.717, 1.165) is 6.07 Å². The number of anilines is 2. The van der Waals surface area contributed by atoms with Gasteiger partial charge in [0, 0.05) is 16.3 Å². The van der Waals surface area contributed by atoms with Gasteiger partial charge in [0.15, 0.2) is 0 Å². The van der Waals surface area contributed by atoms with Crippen LogP contribution in [0.4, 0.5) is 15.8 Å². The van der Waals surface area contributed by atoms with Crippen LogP contribution in [0.15, 0.2) is 66.7 Å². The highest BCUT2D eigenvalue weighted by Gasteiger charge is 2.13.